The second-order valence-corrected chi connectivity index (χ2v) is 4.60. The van der Waals surface area contributed by atoms with E-state index >= 15 is 0 Å². The predicted octanol–water partition coefficient (Wildman–Crippen LogP) is 3.47. The fraction of sp³-hybridized carbons (Fsp3) is 0.188. The van der Waals surface area contributed by atoms with Gasteiger partial charge in [-0.25, -0.2) is 4.39 Å². The molecule has 1 heterocycles. The topological polar surface area (TPSA) is 35.5 Å². The highest BCUT2D eigenvalue weighted by atomic mass is 19.1. The Labute approximate surface area is 115 Å². The first kappa shape index (κ1) is 12.7. The number of Topliss-reactive ketones (excluding diaryl/α,β-unsaturated/α-hetero) is 1. The molecule has 0 saturated heterocycles. The van der Waals surface area contributed by atoms with Gasteiger partial charge >= 0.3 is 0 Å². The van der Waals surface area contributed by atoms with Crippen molar-refractivity contribution in [3.05, 3.63) is 47.8 Å². The second-order valence-electron chi connectivity index (χ2n) is 4.60. The van der Waals surface area contributed by atoms with Crippen LogP contribution in [-0.4, -0.2) is 19.0 Å². The third-order valence-corrected chi connectivity index (χ3v) is 3.21. The zero-order valence-electron chi connectivity index (χ0n) is 11.0. The van der Waals surface area contributed by atoms with E-state index in [0.717, 1.165) is 5.56 Å². The van der Waals surface area contributed by atoms with Crippen LogP contribution >= 0.6 is 0 Å². The third kappa shape index (κ3) is 2.25. The lowest BCUT2D eigenvalue weighted by Gasteiger charge is -2.19. The summed E-state index contributed by atoms with van der Waals surface area (Å²) >= 11 is 0. The molecule has 0 aromatic heterocycles. The molecular weight excluding hydrogens is 259 g/mol. The van der Waals surface area contributed by atoms with Gasteiger partial charge in [-0.2, -0.15) is 0 Å². The molecule has 0 radical (unpaired) electrons. The van der Waals surface area contributed by atoms with Crippen LogP contribution < -0.4 is 9.47 Å². The van der Waals surface area contributed by atoms with Crippen molar-refractivity contribution in [2.45, 2.75) is 6.92 Å². The first-order chi connectivity index (χ1) is 9.65. The zero-order valence-corrected chi connectivity index (χ0v) is 11.0. The molecule has 0 aliphatic carbocycles. The predicted molar refractivity (Wildman–Crippen MR) is 72.8 cm³/mol. The molecule has 102 valence electrons. The number of halogens is 1. The van der Waals surface area contributed by atoms with Crippen molar-refractivity contribution in [3.63, 3.8) is 0 Å². The largest absolute Gasteiger partial charge is 0.486 e. The van der Waals surface area contributed by atoms with Crippen molar-refractivity contribution in [1.29, 1.82) is 0 Å². The molecule has 20 heavy (non-hydrogen) atoms. The van der Waals surface area contributed by atoms with Gasteiger partial charge < -0.3 is 9.47 Å². The normalized spacial score (nSPS) is 13.1. The molecule has 0 fully saturated rings. The number of hydrogen-bond acceptors (Lipinski definition) is 3. The Balaban J connectivity index is 2.13. The molecule has 0 unspecified atom stereocenters. The maximum atomic E-state index is 13.5. The SMILES string of the molecule is CC(=O)c1ccc(F)cc1-c1ccc2c(c1)OCCO2. The molecule has 0 amide bonds. The number of carbonyl (C=O) groups is 1. The fourth-order valence-electron chi connectivity index (χ4n) is 2.27. The first-order valence-electron chi connectivity index (χ1n) is 6.35. The van der Waals surface area contributed by atoms with Gasteiger partial charge in [-0.1, -0.05) is 6.07 Å². The lowest BCUT2D eigenvalue weighted by Crippen LogP contribution is -2.15. The Morgan fingerprint density at radius 2 is 1.80 bits per heavy atom. The summed E-state index contributed by atoms with van der Waals surface area (Å²) in [7, 11) is 0. The van der Waals surface area contributed by atoms with Crippen LogP contribution in [0, 0.1) is 5.82 Å². The van der Waals surface area contributed by atoms with Crippen LogP contribution in [0.1, 0.15) is 17.3 Å². The van der Waals surface area contributed by atoms with Crippen LogP contribution in [0.3, 0.4) is 0 Å². The van der Waals surface area contributed by atoms with Gasteiger partial charge in [0, 0.05) is 5.56 Å². The molecule has 0 N–H and O–H groups in total. The summed E-state index contributed by atoms with van der Waals surface area (Å²) in [6, 6.07) is 9.51. The van der Waals surface area contributed by atoms with Gasteiger partial charge in [-0.3, -0.25) is 4.79 Å². The van der Waals surface area contributed by atoms with Gasteiger partial charge in [-0.15, -0.1) is 0 Å². The Bertz CT molecular complexity index is 679. The second kappa shape index (κ2) is 4.96. The Kier molecular flexibility index (Phi) is 3.14. The molecule has 0 atom stereocenters. The van der Waals surface area contributed by atoms with E-state index in [1.165, 1.54) is 25.1 Å². The lowest BCUT2D eigenvalue weighted by atomic mass is 9.97. The molecule has 4 heteroatoms. The standard InChI is InChI=1S/C16H13FO3/c1-10(18)13-4-3-12(17)9-14(13)11-2-5-15-16(8-11)20-7-6-19-15/h2-5,8-9H,6-7H2,1H3. The minimum Gasteiger partial charge on any atom is -0.486 e. The van der Waals surface area contributed by atoms with Gasteiger partial charge in [-0.05, 0) is 48.4 Å². The summed E-state index contributed by atoms with van der Waals surface area (Å²) in [5.41, 5.74) is 1.79. The van der Waals surface area contributed by atoms with E-state index in [4.69, 9.17) is 9.47 Å². The zero-order chi connectivity index (χ0) is 14.1. The molecule has 1 aliphatic rings. The van der Waals surface area contributed by atoms with E-state index < -0.39 is 0 Å². The van der Waals surface area contributed by atoms with Crippen molar-refractivity contribution >= 4 is 5.78 Å². The Morgan fingerprint density at radius 1 is 1.05 bits per heavy atom. The van der Waals surface area contributed by atoms with Crippen molar-refractivity contribution in [3.8, 4) is 22.6 Å². The van der Waals surface area contributed by atoms with E-state index in [1.807, 2.05) is 0 Å². The van der Waals surface area contributed by atoms with Gasteiger partial charge in [0.05, 0.1) is 0 Å². The van der Waals surface area contributed by atoms with Gasteiger partial charge in [0.1, 0.15) is 19.0 Å². The van der Waals surface area contributed by atoms with Crippen LogP contribution in [0.15, 0.2) is 36.4 Å². The highest BCUT2D eigenvalue weighted by Crippen LogP contribution is 2.35. The monoisotopic (exact) mass is 272 g/mol. The molecule has 2 aromatic carbocycles. The number of fused-ring (bicyclic) bond motifs is 1. The summed E-state index contributed by atoms with van der Waals surface area (Å²) in [5, 5.41) is 0. The lowest BCUT2D eigenvalue weighted by molar-refractivity contribution is 0.101. The van der Waals surface area contributed by atoms with Crippen molar-refractivity contribution in [2.24, 2.45) is 0 Å². The minimum absolute atomic E-state index is 0.102. The first-order valence-corrected chi connectivity index (χ1v) is 6.35. The van der Waals surface area contributed by atoms with Crippen molar-refractivity contribution in [2.75, 3.05) is 13.2 Å². The minimum atomic E-state index is -0.375. The quantitative estimate of drug-likeness (QED) is 0.785. The average Bonchev–Trinajstić information content (AvgIpc) is 2.46. The molecule has 0 saturated carbocycles. The molecule has 1 aliphatic heterocycles. The molecular formula is C16H13FO3. The summed E-state index contributed by atoms with van der Waals surface area (Å²) in [4.78, 5) is 11.7. The maximum absolute atomic E-state index is 13.5. The van der Waals surface area contributed by atoms with E-state index in [9.17, 15) is 9.18 Å². The van der Waals surface area contributed by atoms with Crippen molar-refractivity contribution in [1.82, 2.24) is 0 Å². The number of ketones is 1. The summed E-state index contributed by atoms with van der Waals surface area (Å²) in [6.45, 7) is 2.47. The highest BCUT2D eigenvalue weighted by molar-refractivity contribution is 6.00. The smallest absolute Gasteiger partial charge is 0.161 e. The van der Waals surface area contributed by atoms with Crippen molar-refractivity contribution < 1.29 is 18.7 Å². The van der Waals surface area contributed by atoms with Gasteiger partial charge in [0.25, 0.3) is 0 Å². The number of hydrogen-bond donors (Lipinski definition) is 0. The van der Waals surface area contributed by atoms with E-state index in [2.05, 4.69) is 0 Å². The number of rotatable bonds is 2. The average molecular weight is 272 g/mol. The molecule has 0 bridgehead atoms. The Morgan fingerprint density at radius 3 is 2.55 bits per heavy atom. The molecule has 3 rings (SSSR count). The van der Waals surface area contributed by atoms with E-state index in [0.29, 0.717) is 35.8 Å². The molecule has 2 aromatic rings. The Hall–Kier alpha value is -2.36. The van der Waals surface area contributed by atoms with Crippen LogP contribution in [0.25, 0.3) is 11.1 Å². The maximum Gasteiger partial charge on any atom is 0.161 e. The van der Waals surface area contributed by atoms with Gasteiger partial charge in [0.2, 0.25) is 0 Å². The van der Waals surface area contributed by atoms with Crippen LogP contribution in [-0.2, 0) is 0 Å². The molecule has 0 spiro atoms. The number of ether oxygens (including phenoxy) is 2. The summed E-state index contributed by atoms with van der Waals surface area (Å²) in [6.07, 6.45) is 0. The fourth-order valence-corrected chi connectivity index (χ4v) is 2.27. The van der Waals surface area contributed by atoms with Crippen LogP contribution in [0.2, 0.25) is 0 Å². The summed E-state index contributed by atoms with van der Waals surface area (Å²) in [5.74, 6) is 0.808. The number of carbonyl (C=O) groups excluding carboxylic acids is 1. The third-order valence-electron chi connectivity index (χ3n) is 3.21. The van der Waals surface area contributed by atoms with Crippen LogP contribution in [0.4, 0.5) is 4.39 Å². The van der Waals surface area contributed by atoms with Crippen LogP contribution in [0.5, 0.6) is 11.5 Å². The highest BCUT2D eigenvalue weighted by Gasteiger charge is 2.15. The van der Waals surface area contributed by atoms with E-state index in [-0.39, 0.29) is 11.6 Å². The van der Waals surface area contributed by atoms with Gasteiger partial charge in [0.15, 0.2) is 17.3 Å². The number of benzene rings is 2. The van der Waals surface area contributed by atoms with E-state index in [1.54, 1.807) is 18.2 Å². The molecule has 3 nitrogen and oxygen atoms in total. The summed E-state index contributed by atoms with van der Waals surface area (Å²) < 4.78 is 24.4.